The highest BCUT2D eigenvalue weighted by Crippen LogP contribution is 2.22. The number of hydrogen-bond donors (Lipinski definition) is 0. The van der Waals surface area contributed by atoms with E-state index in [1.165, 1.54) is 18.2 Å². The van der Waals surface area contributed by atoms with Crippen LogP contribution in [0.1, 0.15) is 15.9 Å². The maximum Gasteiger partial charge on any atom is 0.387 e. The Bertz CT molecular complexity index is 694. The number of rotatable bonds is 6. The number of carbonyl (C=O) groups is 1. The van der Waals surface area contributed by atoms with Gasteiger partial charge in [0.15, 0.2) is 5.78 Å². The molecule has 0 amide bonds. The SMILES string of the molecule is CN(C)c1ccc(C(=O)C=Cc2ccccc2OC(F)F)cc1. The molecule has 0 bridgehead atoms. The van der Waals surface area contributed by atoms with Crippen molar-refractivity contribution in [3.8, 4) is 5.75 Å². The molecule has 3 nitrogen and oxygen atoms in total. The van der Waals surface area contributed by atoms with E-state index in [4.69, 9.17) is 0 Å². The Balaban J connectivity index is 2.15. The predicted octanol–water partition coefficient (Wildman–Crippen LogP) is 4.25. The van der Waals surface area contributed by atoms with Crippen LogP contribution in [-0.4, -0.2) is 26.5 Å². The minimum atomic E-state index is -2.90. The van der Waals surface area contributed by atoms with E-state index >= 15 is 0 Å². The van der Waals surface area contributed by atoms with Crippen molar-refractivity contribution in [2.45, 2.75) is 6.61 Å². The van der Waals surface area contributed by atoms with Gasteiger partial charge in [0.1, 0.15) is 5.75 Å². The third-order valence-corrected chi connectivity index (χ3v) is 3.22. The van der Waals surface area contributed by atoms with Gasteiger partial charge in [0.25, 0.3) is 0 Å². The molecule has 0 radical (unpaired) electrons. The zero-order valence-corrected chi connectivity index (χ0v) is 12.9. The highest BCUT2D eigenvalue weighted by atomic mass is 19.3. The molecule has 2 rings (SSSR count). The average molecular weight is 317 g/mol. The Morgan fingerprint density at radius 2 is 1.74 bits per heavy atom. The normalized spacial score (nSPS) is 11.0. The number of alkyl halides is 2. The van der Waals surface area contributed by atoms with Gasteiger partial charge in [-0.25, -0.2) is 0 Å². The first-order valence-electron chi connectivity index (χ1n) is 7.01. The van der Waals surface area contributed by atoms with Gasteiger partial charge < -0.3 is 9.64 Å². The number of anilines is 1. The van der Waals surface area contributed by atoms with Gasteiger partial charge in [-0.1, -0.05) is 18.2 Å². The first kappa shape index (κ1) is 16.7. The van der Waals surface area contributed by atoms with Crippen molar-refractivity contribution in [3.63, 3.8) is 0 Å². The number of nitrogens with zero attached hydrogens (tertiary/aromatic N) is 1. The molecule has 0 spiro atoms. The van der Waals surface area contributed by atoms with E-state index in [1.807, 2.05) is 31.1 Å². The molecule has 0 unspecified atom stereocenters. The number of benzene rings is 2. The van der Waals surface area contributed by atoms with Crippen molar-refractivity contribution in [2.75, 3.05) is 19.0 Å². The van der Waals surface area contributed by atoms with Crippen molar-refractivity contribution >= 4 is 17.5 Å². The summed E-state index contributed by atoms with van der Waals surface area (Å²) in [6, 6.07) is 13.5. The van der Waals surface area contributed by atoms with Gasteiger partial charge >= 0.3 is 6.61 Å². The summed E-state index contributed by atoms with van der Waals surface area (Å²) in [4.78, 5) is 14.1. The van der Waals surface area contributed by atoms with Crippen LogP contribution in [0.15, 0.2) is 54.6 Å². The van der Waals surface area contributed by atoms with Crippen LogP contribution in [0, 0.1) is 0 Å². The number of ether oxygens (including phenoxy) is 1. The summed E-state index contributed by atoms with van der Waals surface area (Å²) >= 11 is 0. The van der Waals surface area contributed by atoms with Crippen LogP contribution >= 0.6 is 0 Å². The molecular weight excluding hydrogens is 300 g/mol. The van der Waals surface area contributed by atoms with Crippen LogP contribution in [0.25, 0.3) is 6.08 Å². The number of hydrogen-bond acceptors (Lipinski definition) is 3. The summed E-state index contributed by atoms with van der Waals surface area (Å²) in [5, 5.41) is 0. The zero-order valence-electron chi connectivity index (χ0n) is 12.9. The van der Waals surface area contributed by atoms with E-state index in [2.05, 4.69) is 4.74 Å². The summed E-state index contributed by atoms with van der Waals surface area (Å²) in [7, 11) is 3.83. The van der Waals surface area contributed by atoms with Crippen molar-refractivity contribution in [1.82, 2.24) is 0 Å². The fourth-order valence-corrected chi connectivity index (χ4v) is 2.01. The quantitative estimate of drug-likeness (QED) is 0.589. The van der Waals surface area contributed by atoms with Gasteiger partial charge in [-0.05, 0) is 42.5 Å². The Morgan fingerprint density at radius 3 is 2.35 bits per heavy atom. The summed E-state index contributed by atoms with van der Waals surface area (Å²) < 4.78 is 29.1. The maximum atomic E-state index is 12.4. The van der Waals surface area contributed by atoms with E-state index in [0.29, 0.717) is 11.1 Å². The predicted molar refractivity (Wildman–Crippen MR) is 87.2 cm³/mol. The highest BCUT2D eigenvalue weighted by molar-refractivity contribution is 6.07. The molecule has 0 fully saturated rings. The van der Waals surface area contributed by atoms with Gasteiger partial charge in [-0.15, -0.1) is 0 Å². The van der Waals surface area contributed by atoms with E-state index in [1.54, 1.807) is 30.3 Å². The van der Waals surface area contributed by atoms with Gasteiger partial charge in [-0.2, -0.15) is 8.78 Å². The molecule has 0 saturated carbocycles. The van der Waals surface area contributed by atoms with E-state index in [9.17, 15) is 13.6 Å². The summed E-state index contributed by atoms with van der Waals surface area (Å²) in [6.07, 6.45) is 2.82. The molecule has 0 aromatic heterocycles. The molecule has 2 aromatic carbocycles. The van der Waals surface area contributed by atoms with E-state index in [-0.39, 0.29) is 11.5 Å². The van der Waals surface area contributed by atoms with E-state index in [0.717, 1.165) is 5.69 Å². The average Bonchev–Trinajstić information content (AvgIpc) is 2.53. The molecule has 0 aliphatic heterocycles. The molecular formula is C18H17F2NO2. The lowest BCUT2D eigenvalue weighted by Gasteiger charge is -2.12. The van der Waals surface area contributed by atoms with Gasteiger partial charge in [0, 0.05) is 30.9 Å². The lowest BCUT2D eigenvalue weighted by atomic mass is 10.1. The first-order valence-corrected chi connectivity index (χ1v) is 7.01. The minimum Gasteiger partial charge on any atom is -0.434 e. The summed E-state index contributed by atoms with van der Waals surface area (Å²) in [6.45, 7) is -2.90. The molecule has 23 heavy (non-hydrogen) atoms. The number of ketones is 1. The highest BCUT2D eigenvalue weighted by Gasteiger charge is 2.08. The first-order chi connectivity index (χ1) is 11.0. The summed E-state index contributed by atoms with van der Waals surface area (Å²) in [5.74, 6) is -0.170. The molecule has 0 aliphatic carbocycles. The number of para-hydroxylation sites is 1. The second-order valence-corrected chi connectivity index (χ2v) is 5.06. The Kier molecular flexibility index (Phi) is 5.46. The van der Waals surface area contributed by atoms with Gasteiger partial charge in [0.05, 0.1) is 0 Å². The van der Waals surface area contributed by atoms with Crippen LogP contribution in [0.2, 0.25) is 0 Å². The van der Waals surface area contributed by atoms with Crippen molar-refractivity contribution in [3.05, 3.63) is 65.7 Å². The molecule has 0 N–H and O–H groups in total. The maximum absolute atomic E-state index is 12.4. The Labute approximate surface area is 133 Å². The number of carbonyl (C=O) groups excluding carboxylic acids is 1. The van der Waals surface area contributed by atoms with Gasteiger partial charge in [0.2, 0.25) is 0 Å². The zero-order chi connectivity index (χ0) is 16.8. The van der Waals surface area contributed by atoms with E-state index < -0.39 is 6.61 Å². The second-order valence-electron chi connectivity index (χ2n) is 5.06. The fraction of sp³-hybridized carbons (Fsp3) is 0.167. The van der Waals surface area contributed by atoms with Crippen molar-refractivity contribution < 1.29 is 18.3 Å². The number of allylic oxidation sites excluding steroid dienone is 1. The standard InChI is InChI=1S/C18H17F2NO2/c1-21(2)15-10-7-13(8-11-15)16(22)12-9-14-5-3-4-6-17(14)23-18(19)20/h3-12,18H,1-2H3. The molecule has 0 aliphatic rings. The number of halogens is 2. The third-order valence-electron chi connectivity index (χ3n) is 3.22. The molecule has 0 atom stereocenters. The fourth-order valence-electron chi connectivity index (χ4n) is 2.01. The van der Waals surface area contributed by atoms with Gasteiger partial charge in [-0.3, -0.25) is 4.79 Å². The van der Waals surface area contributed by atoms with Crippen LogP contribution in [0.4, 0.5) is 14.5 Å². The molecule has 5 heteroatoms. The molecule has 2 aromatic rings. The third kappa shape index (κ3) is 4.64. The van der Waals surface area contributed by atoms with Crippen LogP contribution < -0.4 is 9.64 Å². The lowest BCUT2D eigenvalue weighted by Crippen LogP contribution is -2.08. The molecule has 0 heterocycles. The lowest BCUT2D eigenvalue weighted by molar-refractivity contribution is -0.0499. The smallest absolute Gasteiger partial charge is 0.387 e. The Hall–Kier alpha value is -2.69. The molecule has 0 saturated heterocycles. The largest absolute Gasteiger partial charge is 0.434 e. The van der Waals surface area contributed by atoms with Crippen LogP contribution in [0.3, 0.4) is 0 Å². The second kappa shape index (κ2) is 7.54. The van der Waals surface area contributed by atoms with Crippen molar-refractivity contribution in [2.24, 2.45) is 0 Å². The Morgan fingerprint density at radius 1 is 1.09 bits per heavy atom. The minimum absolute atomic E-state index is 0.0366. The topological polar surface area (TPSA) is 29.5 Å². The molecule has 120 valence electrons. The van der Waals surface area contributed by atoms with Crippen LogP contribution in [0.5, 0.6) is 5.75 Å². The van der Waals surface area contributed by atoms with Crippen LogP contribution in [-0.2, 0) is 0 Å². The monoisotopic (exact) mass is 317 g/mol. The van der Waals surface area contributed by atoms with Crippen molar-refractivity contribution in [1.29, 1.82) is 0 Å². The summed E-state index contributed by atoms with van der Waals surface area (Å²) in [5.41, 5.74) is 1.94.